The van der Waals surface area contributed by atoms with E-state index in [1.165, 1.54) is 25.9 Å². The summed E-state index contributed by atoms with van der Waals surface area (Å²) in [5.74, 6) is -3.95. The second-order valence-corrected chi connectivity index (χ2v) is 9.93. The van der Waals surface area contributed by atoms with Crippen LogP contribution in [0.5, 0.6) is 5.88 Å². The van der Waals surface area contributed by atoms with Gasteiger partial charge in [-0.15, -0.1) is 11.8 Å². The number of fused-ring (bicyclic) bond motifs is 1. The molecule has 4 heterocycles. The molecule has 0 aliphatic carbocycles. The van der Waals surface area contributed by atoms with Crippen molar-refractivity contribution >= 4 is 63.7 Å². The second-order valence-electron chi connectivity index (χ2n) is 7.10. The summed E-state index contributed by atoms with van der Waals surface area (Å²) in [5.41, 5.74) is 4.21. The van der Waals surface area contributed by atoms with Gasteiger partial charge in [-0.3, -0.25) is 19.3 Å². The zero-order valence-corrected chi connectivity index (χ0v) is 26.8. The molecule has 0 spiro atoms. The molecular weight excluding hydrogens is 584 g/mol. The van der Waals surface area contributed by atoms with Crippen molar-refractivity contribution in [2.24, 2.45) is 12.2 Å². The number of carboxylic acids is 1. The van der Waals surface area contributed by atoms with Crippen molar-refractivity contribution < 1.29 is 88.5 Å². The molecule has 16 nitrogen and oxygen atoms in total. The van der Waals surface area contributed by atoms with Gasteiger partial charge in [0.1, 0.15) is 18.5 Å². The largest absolute Gasteiger partial charge is 1.00 e. The summed E-state index contributed by atoms with van der Waals surface area (Å²) >= 11 is 3.03. The number of aliphatic carboxylic acids is 1. The van der Waals surface area contributed by atoms with E-state index in [1.54, 1.807) is 0 Å². The Bertz CT molecular complexity index is 1380. The number of aromatic nitrogens is 5. The molecule has 0 aromatic carbocycles. The molecule has 190 valence electrons. The number of carbonyl (C=O) groups is 3. The second kappa shape index (κ2) is 13.6. The first-order valence-corrected chi connectivity index (χ1v) is 12.6. The van der Waals surface area contributed by atoms with Crippen molar-refractivity contribution in [3.8, 4) is 5.88 Å². The maximum atomic E-state index is 12.9. The van der Waals surface area contributed by atoms with E-state index in [9.17, 15) is 29.4 Å². The Hall–Kier alpha value is -1.71. The molecule has 2 amide bonds. The first kappa shape index (κ1) is 32.5. The van der Waals surface area contributed by atoms with Crippen molar-refractivity contribution in [2.75, 3.05) is 24.3 Å². The quantitative estimate of drug-likeness (QED) is 0.0943. The third-order valence-electron chi connectivity index (χ3n) is 4.85. The smallest absolute Gasteiger partial charge is 0.854 e. The summed E-state index contributed by atoms with van der Waals surface area (Å²) in [6.07, 6.45) is 0. The van der Waals surface area contributed by atoms with Crippen LogP contribution in [0, 0.1) is 0 Å². The van der Waals surface area contributed by atoms with Gasteiger partial charge < -0.3 is 30.9 Å². The Morgan fingerprint density at radius 2 is 2.03 bits per heavy atom. The maximum Gasteiger partial charge on any atom is 1.00 e. The SMILES string of the molecule is CO/N=C(/C(=O)NC1C(=O)N2C(C(=O)[O-])=C(CSc3nc(=O)c([O-])nn3C)CS[C@H]12)c1nsc(N)n1.[Na+].[Na+]. The maximum absolute atomic E-state index is 12.9. The zero-order valence-electron chi connectivity index (χ0n) is 20.4. The van der Waals surface area contributed by atoms with E-state index in [4.69, 9.17) is 5.73 Å². The molecule has 38 heavy (non-hydrogen) atoms. The molecule has 2 aromatic rings. The van der Waals surface area contributed by atoms with Crippen LogP contribution in [-0.2, 0) is 26.3 Å². The van der Waals surface area contributed by atoms with Gasteiger partial charge in [0.25, 0.3) is 17.4 Å². The average Bonchev–Trinajstić information content (AvgIpc) is 3.27. The van der Waals surface area contributed by atoms with E-state index in [2.05, 4.69) is 34.8 Å². The number of β-lactam (4-membered cyclic amide) rings is 1. The van der Waals surface area contributed by atoms with Crippen LogP contribution in [0.4, 0.5) is 5.13 Å². The molecule has 0 saturated carbocycles. The number of amides is 2. The fraction of sp³-hybridized carbons (Fsp3) is 0.353. The third kappa shape index (κ3) is 6.53. The van der Waals surface area contributed by atoms with Crippen LogP contribution in [0.15, 0.2) is 26.4 Å². The normalized spacial score (nSPS) is 18.5. The van der Waals surface area contributed by atoms with Crippen LogP contribution in [0.25, 0.3) is 0 Å². The van der Waals surface area contributed by atoms with Crippen LogP contribution >= 0.6 is 35.1 Å². The van der Waals surface area contributed by atoms with E-state index in [1.807, 2.05) is 0 Å². The number of carboxylic acid groups (broad SMARTS) is 1. The number of aryl methyl sites for hydroxylation is 1. The zero-order chi connectivity index (χ0) is 26.1. The van der Waals surface area contributed by atoms with Gasteiger partial charge in [0.2, 0.25) is 11.5 Å². The predicted molar refractivity (Wildman–Crippen MR) is 122 cm³/mol. The van der Waals surface area contributed by atoms with Gasteiger partial charge >= 0.3 is 59.1 Å². The minimum atomic E-state index is -1.58. The first-order valence-electron chi connectivity index (χ1n) is 9.77. The summed E-state index contributed by atoms with van der Waals surface area (Å²) in [6, 6.07) is -1.06. The van der Waals surface area contributed by atoms with Crippen molar-refractivity contribution in [2.45, 2.75) is 16.6 Å². The Morgan fingerprint density at radius 1 is 1.32 bits per heavy atom. The van der Waals surface area contributed by atoms with Crippen LogP contribution in [0.3, 0.4) is 0 Å². The number of hydrogen-bond donors (Lipinski definition) is 2. The molecule has 2 aliphatic rings. The molecular formula is C17H15N9Na2O7S3. The third-order valence-corrected chi connectivity index (χ3v) is 7.84. The molecule has 3 N–H and O–H groups in total. The molecule has 0 radical (unpaired) electrons. The van der Waals surface area contributed by atoms with E-state index in [0.717, 1.165) is 32.9 Å². The molecule has 4 rings (SSSR count). The summed E-state index contributed by atoms with van der Waals surface area (Å²) < 4.78 is 5.01. The van der Waals surface area contributed by atoms with Gasteiger partial charge in [0.15, 0.2) is 10.3 Å². The fourth-order valence-electron chi connectivity index (χ4n) is 3.31. The van der Waals surface area contributed by atoms with E-state index >= 15 is 0 Å². The van der Waals surface area contributed by atoms with E-state index in [-0.39, 0.29) is 98.1 Å². The minimum absolute atomic E-state index is 0. The number of nitrogen functional groups attached to an aromatic ring is 1. The Labute approximate surface area is 270 Å². The average molecular weight is 600 g/mol. The van der Waals surface area contributed by atoms with Crippen molar-refractivity contribution in [1.82, 2.24) is 34.3 Å². The minimum Gasteiger partial charge on any atom is -0.854 e. The van der Waals surface area contributed by atoms with Crippen molar-refractivity contribution in [1.29, 1.82) is 0 Å². The number of thioether (sulfide) groups is 2. The van der Waals surface area contributed by atoms with Crippen molar-refractivity contribution in [3.05, 3.63) is 27.4 Å². The topological polar surface area (TPSA) is 234 Å². The van der Waals surface area contributed by atoms with Crippen LogP contribution < -0.4 is 85.9 Å². The number of anilines is 1. The molecule has 1 unspecified atom stereocenters. The Balaban J connectivity index is 0.00000253. The van der Waals surface area contributed by atoms with Gasteiger partial charge in [-0.05, 0) is 5.57 Å². The van der Waals surface area contributed by atoms with Crippen LogP contribution in [-0.4, -0.2) is 82.5 Å². The molecule has 0 bridgehead atoms. The van der Waals surface area contributed by atoms with Crippen LogP contribution in [0.2, 0.25) is 0 Å². The Morgan fingerprint density at radius 3 is 2.63 bits per heavy atom. The first-order chi connectivity index (χ1) is 17.1. The van der Waals surface area contributed by atoms with Gasteiger partial charge in [0, 0.05) is 30.1 Å². The molecule has 21 heteroatoms. The fourth-order valence-corrected chi connectivity index (χ4v) is 6.13. The van der Waals surface area contributed by atoms with E-state index < -0.39 is 40.6 Å². The number of oxime groups is 1. The molecule has 2 aromatic heterocycles. The number of nitrogens with one attached hydrogen (secondary N) is 1. The summed E-state index contributed by atoms with van der Waals surface area (Å²) in [5, 5.41) is 32.3. The summed E-state index contributed by atoms with van der Waals surface area (Å²) in [7, 11) is 2.63. The molecule has 1 fully saturated rings. The standard InChI is InChI=1S/C17H17N9O7S3.2Na/c1-25-17(21-11(28)12(29)22-25)35-4-5-3-34-14-7(13(30)26(14)8(5)15(31)32)19-10(27)6(23-33-2)9-20-16(18)36-24-9;;/h7,14H,3-4H2,1-2H3,(H,19,27)(H,22,29)(H,31,32)(H2,18,20,24);;/q;2*+1/p-2/b23-6+;;/t7?,14-;;/m1../s1. The summed E-state index contributed by atoms with van der Waals surface area (Å²) in [4.78, 5) is 62.3. The number of nitrogens with zero attached hydrogens (tertiary/aromatic N) is 7. The molecule has 2 aliphatic heterocycles. The molecule has 2 atom stereocenters. The predicted octanol–water partition coefficient (Wildman–Crippen LogP) is -9.76. The summed E-state index contributed by atoms with van der Waals surface area (Å²) in [6.45, 7) is 0. The number of carbonyl (C=O) groups excluding carboxylic acids is 3. The molecule has 1 saturated heterocycles. The van der Waals surface area contributed by atoms with Crippen LogP contribution in [0.1, 0.15) is 5.82 Å². The van der Waals surface area contributed by atoms with Gasteiger partial charge in [-0.25, -0.2) is 4.68 Å². The number of nitrogens with two attached hydrogens (primary N) is 1. The number of rotatable bonds is 8. The monoisotopic (exact) mass is 599 g/mol. The Kier molecular flexibility index (Phi) is 11.6. The van der Waals surface area contributed by atoms with Gasteiger partial charge in [-0.2, -0.15) is 19.4 Å². The number of hydrogen-bond acceptors (Lipinski definition) is 16. The van der Waals surface area contributed by atoms with E-state index in [0.29, 0.717) is 5.57 Å². The van der Waals surface area contributed by atoms with Gasteiger partial charge in [-0.1, -0.05) is 16.9 Å². The van der Waals surface area contributed by atoms with Gasteiger partial charge in [0.05, 0.1) is 17.5 Å². The van der Waals surface area contributed by atoms with Crippen molar-refractivity contribution in [3.63, 3.8) is 0 Å².